The number of aliphatic hydroxyl groups excluding tert-OH is 1. The Labute approximate surface area is 113 Å². The molecule has 0 radical (unpaired) electrons. The number of aliphatic hydroxyl groups is 1. The van der Waals surface area contributed by atoms with E-state index < -0.39 is 5.60 Å². The van der Waals surface area contributed by atoms with Crippen molar-refractivity contribution < 1.29 is 9.84 Å². The molecule has 0 aliphatic rings. The Morgan fingerprint density at radius 3 is 2.00 bits per heavy atom. The van der Waals surface area contributed by atoms with Gasteiger partial charge in [0.1, 0.15) is 5.60 Å². The van der Waals surface area contributed by atoms with Crippen molar-refractivity contribution in [1.82, 2.24) is 0 Å². The molecule has 0 atom stereocenters. The minimum atomic E-state index is -0.419. The van der Waals surface area contributed by atoms with E-state index in [0.717, 1.165) is 0 Å². The second-order valence-corrected chi connectivity index (χ2v) is 2.46. The third kappa shape index (κ3) is 18.7. The summed E-state index contributed by atoms with van der Waals surface area (Å²) in [5, 5.41) is 8.42. The molecule has 0 bridgehead atoms. The van der Waals surface area contributed by atoms with E-state index in [2.05, 4.69) is 49.1 Å². The van der Waals surface area contributed by atoms with Crippen molar-refractivity contribution >= 4 is 37.2 Å². The maximum absolute atomic E-state index is 8.42. The Bertz CT molecular complexity index is 148. The van der Waals surface area contributed by atoms with Crippen molar-refractivity contribution in [2.75, 3.05) is 13.2 Å². The minimum Gasteiger partial charge on any atom is -0.394 e. The average Bonchev–Trinajstić information content (AvgIpc) is 2.05. The van der Waals surface area contributed by atoms with Crippen LogP contribution in [0, 0.1) is 11.8 Å². The Kier molecular flexibility index (Phi) is 28.4. The summed E-state index contributed by atoms with van der Waals surface area (Å²) < 4.78 is 5.20. The van der Waals surface area contributed by atoms with Crippen LogP contribution in [-0.2, 0) is 4.74 Å². The molecule has 0 saturated heterocycles. The Hall–Kier alpha value is 0.940. The third-order valence-electron chi connectivity index (χ3n) is 0.980. The van der Waals surface area contributed by atoms with Gasteiger partial charge in [-0.15, -0.1) is 5.92 Å². The summed E-state index contributed by atoms with van der Waals surface area (Å²) in [4.78, 5) is 0. The van der Waals surface area contributed by atoms with E-state index in [4.69, 9.17) is 9.84 Å². The van der Waals surface area contributed by atoms with Crippen LogP contribution in [0.4, 0.5) is 0 Å². The molecule has 0 aromatic carbocycles. The number of rotatable bonds is 3. The van der Waals surface area contributed by atoms with Crippen molar-refractivity contribution in [2.24, 2.45) is 0 Å². The van der Waals surface area contributed by atoms with E-state index in [1.165, 1.54) is 0 Å². The van der Waals surface area contributed by atoms with E-state index in [1.807, 2.05) is 13.8 Å². The van der Waals surface area contributed by atoms with Crippen LogP contribution in [0.5, 0.6) is 0 Å². The number of hydrogen-bond donors (Lipinski definition) is 1. The number of ether oxygens (including phenoxy) is 1. The fourth-order valence-electron chi connectivity index (χ4n) is 0.638. The molecule has 4 heteroatoms. The first-order chi connectivity index (χ1) is 5.62. The lowest BCUT2D eigenvalue weighted by Gasteiger charge is -2.17. The van der Waals surface area contributed by atoms with Gasteiger partial charge in [-0.25, -0.2) is 0 Å². The van der Waals surface area contributed by atoms with Gasteiger partial charge >= 0.3 is 0 Å². The lowest BCUT2D eigenvalue weighted by Crippen LogP contribution is -2.23. The van der Waals surface area contributed by atoms with Gasteiger partial charge in [0.2, 0.25) is 0 Å². The summed E-state index contributed by atoms with van der Waals surface area (Å²) in [7, 11) is 0. The van der Waals surface area contributed by atoms with Crippen molar-refractivity contribution in [3.63, 3.8) is 0 Å². The van der Waals surface area contributed by atoms with Crippen molar-refractivity contribution in [3.8, 4) is 11.8 Å². The lowest BCUT2D eigenvalue weighted by atomic mass is 10.1. The highest BCUT2D eigenvalue weighted by Gasteiger charge is 2.12. The van der Waals surface area contributed by atoms with E-state index >= 15 is 0 Å². The smallest absolute Gasteiger partial charge is 0.123 e. The van der Waals surface area contributed by atoms with Crippen LogP contribution in [0.25, 0.3) is 0 Å². The molecule has 0 heterocycles. The highest BCUT2D eigenvalue weighted by atomic mass is 128. The standard InChI is InChI=1S/C8H14O2.2CH4.I2/c1-4-5-8(2,3)10-7-6-9;;;1-2/h9H,6-7H2,1-3H3;2*1H4;. The van der Waals surface area contributed by atoms with Crippen LogP contribution in [0.1, 0.15) is 35.6 Å². The average molecular weight is 428 g/mol. The molecule has 0 fully saturated rings. The summed E-state index contributed by atoms with van der Waals surface area (Å²) >= 11 is 4.24. The van der Waals surface area contributed by atoms with Gasteiger partial charge < -0.3 is 9.84 Å². The maximum Gasteiger partial charge on any atom is 0.123 e. The van der Waals surface area contributed by atoms with E-state index in [1.54, 1.807) is 6.92 Å². The fourth-order valence-corrected chi connectivity index (χ4v) is 0.638. The van der Waals surface area contributed by atoms with Gasteiger partial charge in [-0.2, -0.15) is 0 Å². The van der Waals surface area contributed by atoms with Crippen LogP contribution >= 0.6 is 37.2 Å². The molecule has 0 rings (SSSR count). The first-order valence-corrected chi connectivity index (χ1v) is 9.74. The van der Waals surface area contributed by atoms with Gasteiger partial charge in [-0.3, -0.25) is 0 Å². The van der Waals surface area contributed by atoms with Crippen LogP contribution in [-0.4, -0.2) is 23.9 Å². The third-order valence-corrected chi connectivity index (χ3v) is 0.980. The van der Waals surface area contributed by atoms with Crippen LogP contribution in [0.3, 0.4) is 0 Å². The predicted molar refractivity (Wildman–Crippen MR) is 82.1 cm³/mol. The highest BCUT2D eigenvalue weighted by Crippen LogP contribution is 2.05. The van der Waals surface area contributed by atoms with Gasteiger partial charge in [-0.05, 0) is 20.8 Å². The largest absolute Gasteiger partial charge is 0.394 e. The molecule has 0 aromatic rings. The SMILES string of the molecule is C.C.CC#CC(C)(C)OCCO.II. The Balaban J connectivity index is -0.000000117. The number of hydrogen-bond acceptors (Lipinski definition) is 2. The van der Waals surface area contributed by atoms with Gasteiger partial charge in [0.25, 0.3) is 0 Å². The van der Waals surface area contributed by atoms with Crippen LogP contribution in [0.15, 0.2) is 0 Å². The molecule has 0 saturated carbocycles. The second-order valence-electron chi connectivity index (χ2n) is 2.46. The summed E-state index contributed by atoms with van der Waals surface area (Å²) in [5.74, 6) is 5.63. The lowest BCUT2D eigenvalue weighted by molar-refractivity contribution is 0.00602. The second kappa shape index (κ2) is 16.4. The maximum atomic E-state index is 8.42. The molecule has 0 aliphatic heterocycles. The zero-order chi connectivity index (χ0) is 10.0. The zero-order valence-electron chi connectivity index (χ0n) is 7.53. The van der Waals surface area contributed by atoms with Gasteiger partial charge in [-0.1, -0.05) is 20.8 Å². The van der Waals surface area contributed by atoms with Crippen LogP contribution < -0.4 is 0 Å². The van der Waals surface area contributed by atoms with Crippen molar-refractivity contribution in [2.45, 2.75) is 41.2 Å². The molecule has 0 amide bonds. The van der Waals surface area contributed by atoms with Gasteiger partial charge in [0.15, 0.2) is 0 Å². The first-order valence-electron chi connectivity index (χ1n) is 3.45. The van der Waals surface area contributed by atoms with E-state index in [9.17, 15) is 0 Å². The number of halogens is 2. The molecule has 0 aromatic heterocycles. The molecule has 14 heavy (non-hydrogen) atoms. The topological polar surface area (TPSA) is 29.5 Å². The monoisotopic (exact) mass is 428 g/mol. The van der Waals surface area contributed by atoms with E-state index in [-0.39, 0.29) is 21.5 Å². The predicted octanol–water partition coefficient (Wildman–Crippen LogP) is 3.84. The van der Waals surface area contributed by atoms with Crippen molar-refractivity contribution in [3.05, 3.63) is 0 Å². The molecule has 2 nitrogen and oxygen atoms in total. The minimum absolute atomic E-state index is 0. The van der Waals surface area contributed by atoms with Gasteiger partial charge in [0, 0.05) is 37.2 Å². The molecular formula is C10H22I2O2. The molecule has 1 N–H and O–H groups in total. The molecule has 0 spiro atoms. The molecule has 88 valence electrons. The van der Waals surface area contributed by atoms with Crippen LogP contribution in [0.2, 0.25) is 0 Å². The van der Waals surface area contributed by atoms with Crippen molar-refractivity contribution in [1.29, 1.82) is 0 Å². The Morgan fingerprint density at radius 1 is 1.29 bits per heavy atom. The highest BCUT2D eigenvalue weighted by molar-refractivity contribution is 15.0. The molecule has 0 unspecified atom stereocenters. The quantitative estimate of drug-likeness (QED) is 0.547. The van der Waals surface area contributed by atoms with Gasteiger partial charge in [0.05, 0.1) is 13.2 Å². The summed E-state index contributed by atoms with van der Waals surface area (Å²) in [6.45, 7) is 5.92. The Morgan fingerprint density at radius 2 is 1.71 bits per heavy atom. The first kappa shape index (κ1) is 24.3. The fraction of sp³-hybridized carbons (Fsp3) is 0.800. The summed E-state index contributed by atoms with van der Waals surface area (Å²) in [5.41, 5.74) is -0.419. The zero-order valence-corrected chi connectivity index (χ0v) is 11.8. The normalized spacial score (nSPS) is 7.86. The summed E-state index contributed by atoms with van der Waals surface area (Å²) in [6.07, 6.45) is 0. The molecular weight excluding hydrogens is 406 g/mol. The van der Waals surface area contributed by atoms with E-state index in [0.29, 0.717) is 6.61 Å². The summed E-state index contributed by atoms with van der Waals surface area (Å²) in [6, 6.07) is 0. The molecule has 0 aliphatic carbocycles.